The predicted molar refractivity (Wildman–Crippen MR) is 151 cm³/mol. The highest BCUT2D eigenvalue weighted by molar-refractivity contribution is 5.77. The van der Waals surface area contributed by atoms with Crippen LogP contribution in [0.2, 0.25) is 0 Å². The van der Waals surface area contributed by atoms with E-state index in [9.17, 15) is 14.4 Å². The number of carbonyl (C=O) groups excluding carboxylic acids is 2. The summed E-state index contributed by atoms with van der Waals surface area (Å²) < 4.78 is 47.8. The SMILES string of the molecule is CCCCC(CC)C(=O)OCCOCCOCCOCCOCCOCCOCCOCCNC(=O)COCC(=O)O. The van der Waals surface area contributed by atoms with E-state index < -0.39 is 18.5 Å². The molecule has 0 aliphatic carbocycles. The molecule has 0 spiro atoms. The summed E-state index contributed by atoms with van der Waals surface area (Å²) in [4.78, 5) is 33.6. The number of amides is 1. The van der Waals surface area contributed by atoms with Crippen LogP contribution in [-0.4, -0.2) is 142 Å². The van der Waals surface area contributed by atoms with Crippen molar-refractivity contribution in [3.05, 3.63) is 0 Å². The Hall–Kier alpha value is -1.91. The molecule has 2 N–H and O–H groups in total. The minimum absolute atomic E-state index is 0.0130. The van der Waals surface area contributed by atoms with Crippen LogP contribution in [0.3, 0.4) is 0 Å². The first-order chi connectivity index (χ1) is 20.5. The normalized spacial score (nSPS) is 11.9. The first kappa shape index (κ1) is 40.1. The standard InChI is InChI=1S/C28H53NO13/c1-3-5-6-25(4-2)28(33)42-22-21-40-20-19-39-18-17-38-16-15-37-14-13-36-12-11-35-10-9-34-8-7-29-26(30)23-41-24-27(31)32/h25H,3-24H2,1-2H3,(H,29,30)(H,31,32). The van der Waals surface area contributed by atoms with Crippen molar-refractivity contribution < 1.29 is 62.1 Å². The molecule has 0 radical (unpaired) electrons. The number of hydrogen-bond donors (Lipinski definition) is 2. The van der Waals surface area contributed by atoms with Gasteiger partial charge in [0, 0.05) is 6.54 Å². The zero-order valence-electron chi connectivity index (χ0n) is 25.5. The zero-order valence-corrected chi connectivity index (χ0v) is 25.5. The summed E-state index contributed by atoms with van der Waals surface area (Å²) in [7, 11) is 0. The van der Waals surface area contributed by atoms with E-state index >= 15 is 0 Å². The first-order valence-electron chi connectivity index (χ1n) is 14.8. The maximum absolute atomic E-state index is 12.0. The van der Waals surface area contributed by atoms with Gasteiger partial charge in [0.1, 0.15) is 19.8 Å². The Balaban J connectivity index is 3.21. The third kappa shape index (κ3) is 29.6. The van der Waals surface area contributed by atoms with E-state index in [0.717, 1.165) is 25.7 Å². The maximum atomic E-state index is 12.0. The average Bonchev–Trinajstić information content (AvgIpc) is 2.97. The lowest BCUT2D eigenvalue weighted by atomic mass is 10.00. The van der Waals surface area contributed by atoms with Gasteiger partial charge >= 0.3 is 11.9 Å². The number of carboxylic acids is 1. The van der Waals surface area contributed by atoms with Crippen molar-refractivity contribution in [2.75, 3.05) is 119 Å². The molecule has 0 saturated heterocycles. The Kier molecular flexibility index (Phi) is 30.6. The molecule has 14 heteroatoms. The van der Waals surface area contributed by atoms with Crippen LogP contribution in [0.5, 0.6) is 0 Å². The lowest BCUT2D eigenvalue weighted by Crippen LogP contribution is -2.31. The molecule has 1 unspecified atom stereocenters. The topological polar surface area (TPSA) is 167 Å². The Morgan fingerprint density at radius 1 is 0.595 bits per heavy atom. The molecular weight excluding hydrogens is 558 g/mol. The van der Waals surface area contributed by atoms with Crippen LogP contribution in [0.25, 0.3) is 0 Å². The van der Waals surface area contributed by atoms with Crippen LogP contribution < -0.4 is 5.32 Å². The second-order valence-electron chi connectivity index (χ2n) is 8.94. The van der Waals surface area contributed by atoms with E-state index in [2.05, 4.69) is 17.0 Å². The fraction of sp³-hybridized carbons (Fsp3) is 0.893. The summed E-state index contributed by atoms with van der Waals surface area (Å²) in [5, 5.41) is 11.0. The van der Waals surface area contributed by atoms with Crippen LogP contribution in [0.4, 0.5) is 0 Å². The van der Waals surface area contributed by atoms with Gasteiger partial charge in [0.25, 0.3) is 0 Å². The molecule has 1 amide bonds. The number of aliphatic carboxylic acids is 1. The molecule has 0 heterocycles. The molecule has 0 aromatic carbocycles. The second-order valence-corrected chi connectivity index (χ2v) is 8.94. The zero-order chi connectivity index (χ0) is 30.9. The summed E-state index contributed by atoms with van der Waals surface area (Å²) in [5.41, 5.74) is 0. The van der Waals surface area contributed by atoms with Gasteiger partial charge in [-0.1, -0.05) is 26.7 Å². The molecule has 0 rings (SSSR count). The molecular formula is C28H53NO13. The minimum atomic E-state index is -1.12. The van der Waals surface area contributed by atoms with Gasteiger partial charge in [0.05, 0.1) is 98.4 Å². The quantitative estimate of drug-likeness (QED) is 0.0800. The Morgan fingerprint density at radius 3 is 1.43 bits per heavy atom. The van der Waals surface area contributed by atoms with E-state index in [1.165, 1.54) is 0 Å². The molecule has 0 saturated carbocycles. The fourth-order valence-electron chi connectivity index (χ4n) is 3.22. The second kappa shape index (κ2) is 32.0. The minimum Gasteiger partial charge on any atom is -0.480 e. The highest BCUT2D eigenvalue weighted by atomic mass is 16.6. The number of carboxylic acid groups (broad SMARTS) is 1. The number of unbranched alkanes of at least 4 members (excludes halogenated alkanes) is 1. The molecule has 248 valence electrons. The van der Waals surface area contributed by atoms with Crippen LogP contribution in [-0.2, 0) is 57.0 Å². The van der Waals surface area contributed by atoms with Gasteiger partial charge in [-0.25, -0.2) is 4.79 Å². The van der Waals surface area contributed by atoms with Crippen molar-refractivity contribution in [3.8, 4) is 0 Å². The summed E-state index contributed by atoms with van der Waals surface area (Å²) >= 11 is 0. The number of rotatable bonds is 33. The molecule has 0 aromatic rings. The van der Waals surface area contributed by atoms with Crippen LogP contribution in [0.15, 0.2) is 0 Å². The number of hydrogen-bond acceptors (Lipinski definition) is 12. The van der Waals surface area contributed by atoms with Crippen molar-refractivity contribution in [2.45, 2.75) is 39.5 Å². The van der Waals surface area contributed by atoms with Gasteiger partial charge in [-0.05, 0) is 12.8 Å². The monoisotopic (exact) mass is 611 g/mol. The third-order valence-electron chi connectivity index (χ3n) is 5.46. The van der Waals surface area contributed by atoms with E-state index in [-0.39, 0.29) is 25.1 Å². The summed E-state index contributed by atoms with van der Waals surface area (Å²) in [6, 6.07) is 0. The molecule has 0 aliphatic rings. The molecule has 0 bridgehead atoms. The average molecular weight is 612 g/mol. The smallest absolute Gasteiger partial charge is 0.329 e. The van der Waals surface area contributed by atoms with Crippen LogP contribution >= 0.6 is 0 Å². The largest absolute Gasteiger partial charge is 0.480 e. The number of nitrogens with one attached hydrogen (secondary N) is 1. The van der Waals surface area contributed by atoms with Crippen molar-refractivity contribution in [1.29, 1.82) is 0 Å². The molecule has 14 nitrogen and oxygen atoms in total. The number of ether oxygens (including phenoxy) is 9. The van der Waals surface area contributed by atoms with E-state index in [1.807, 2.05) is 6.92 Å². The van der Waals surface area contributed by atoms with Crippen molar-refractivity contribution in [2.24, 2.45) is 5.92 Å². The van der Waals surface area contributed by atoms with Gasteiger partial charge in [-0.2, -0.15) is 0 Å². The number of esters is 1. The van der Waals surface area contributed by atoms with Crippen molar-refractivity contribution in [1.82, 2.24) is 5.32 Å². The van der Waals surface area contributed by atoms with Gasteiger partial charge < -0.3 is 53.1 Å². The molecule has 0 aliphatic heterocycles. The lowest BCUT2D eigenvalue weighted by molar-refractivity contribution is -0.150. The maximum Gasteiger partial charge on any atom is 0.329 e. The summed E-state index contributed by atoms with van der Waals surface area (Å²) in [6.45, 7) is 9.86. The first-order valence-corrected chi connectivity index (χ1v) is 14.8. The highest BCUT2D eigenvalue weighted by Gasteiger charge is 2.16. The van der Waals surface area contributed by atoms with Crippen molar-refractivity contribution >= 4 is 17.8 Å². The number of carbonyl (C=O) groups is 3. The molecule has 42 heavy (non-hydrogen) atoms. The molecule has 1 atom stereocenters. The van der Waals surface area contributed by atoms with Crippen molar-refractivity contribution in [3.63, 3.8) is 0 Å². The molecule has 0 aromatic heterocycles. The van der Waals surface area contributed by atoms with Gasteiger partial charge in [0.2, 0.25) is 5.91 Å². The van der Waals surface area contributed by atoms with Gasteiger partial charge in [-0.3, -0.25) is 9.59 Å². The van der Waals surface area contributed by atoms with E-state index in [1.54, 1.807) is 0 Å². The summed E-state index contributed by atoms with van der Waals surface area (Å²) in [5.74, 6) is -1.67. The van der Waals surface area contributed by atoms with Crippen LogP contribution in [0.1, 0.15) is 39.5 Å². The predicted octanol–water partition coefficient (Wildman–Crippen LogP) is 1.08. The summed E-state index contributed by atoms with van der Waals surface area (Å²) in [6.07, 6.45) is 3.80. The Bertz CT molecular complexity index is 639. The van der Waals surface area contributed by atoms with Crippen LogP contribution in [0, 0.1) is 5.92 Å². The van der Waals surface area contributed by atoms with E-state index in [0.29, 0.717) is 99.0 Å². The molecule has 0 fully saturated rings. The fourth-order valence-corrected chi connectivity index (χ4v) is 3.22. The van der Waals surface area contributed by atoms with Gasteiger partial charge in [-0.15, -0.1) is 0 Å². The Labute approximate surface area is 249 Å². The van der Waals surface area contributed by atoms with E-state index in [4.69, 9.17) is 43.0 Å². The highest BCUT2D eigenvalue weighted by Crippen LogP contribution is 2.14. The Morgan fingerprint density at radius 2 is 1.02 bits per heavy atom. The third-order valence-corrected chi connectivity index (χ3v) is 5.46. The van der Waals surface area contributed by atoms with Gasteiger partial charge in [0.15, 0.2) is 0 Å². The lowest BCUT2D eigenvalue weighted by Gasteiger charge is -2.13.